The van der Waals surface area contributed by atoms with Crippen molar-refractivity contribution >= 4 is 26.1 Å². The second kappa shape index (κ2) is 8.25. The van der Waals surface area contributed by atoms with Crippen molar-refractivity contribution in [1.29, 1.82) is 0 Å². The molecule has 12 heteroatoms. The number of nitrogens with zero attached hydrogens (tertiary/aromatic N) is 1. The van der Waals surface area contributed by atoms with Crippen LogP contribution in [0.2, 0.25) is 0 Å². The minimum absolute atomic E-state index is 0.0672. The minimum Gasteiger partial charge on any atom is -0.462 e. The molecule has 1 aliphatic heterocycles. The number of rotatable bonds is 6. The van der Waals surface area contributed by atoms with E-state index in [1.807, 2.05) is 48.5 Å². The first-order valence-electron chi connectivity index (χ1n) is 9.62. The number of sulfonamides is 1. The highest BCUT2D eigenvalue weighted by Crippen LogP contribution is 2.47. The van der Waals surface area contributed by atoms with Crippen molar-refractivity contribution in [2.45, 2.75) is 78.4 Å². The molecule has 0 bridgehead atoms. The van der Waals surface area contributed by atoms with Crippen LogP contribution in [0.3, 0.4) is 0 Å². The first-order chi connectivity index (χ1) is 13.1. The number of hydrogen-bond acceptors (Lipinski definition) is 6. The SMILES string of the molecule is CC(C)(C)CC(C)(C(=O)OC1CCN(S(=O)(=O)C(F)(F)S(=O)(=O)O)CC1)C(C)(C)C. The fourth-order valence-electron chi connectivity index (χ4n) is 3.46. The summed E-state index contributed by atoms with van der Waals surface area (Å²) in [5.74, 6) is -0.450. The maximum absolute atomic E-state index is 13.7. The molecule has 1 fully saturated rings. The predicted octanol–water partition coefficient (Wildman–Crippen LogP) is 3.25. The molecule has 0 aromatic carbocycles. The Morgan fingerprint density at radius 1 is 1.00 bits per heavy atom. The molecule has 1 atom stereocenters. The summed E-state index contributed by atoms with van der Waals surface area (Å²) in [7, 11) is -11.8. The van der Waals surface area contributed by atoms with E-state index in [1.165, 1.54) is 0 Å². The Morgan fingerprint density at radius 2 is 1.43 bits per heavy atom. The molecule has 1 aliphatic rings. The molecule has 1 heterocycles. The fourth-order valence-corrected chi connectivity index (χ4v) is 5.83. The molecule has 0 saturated carbocycles. The van der Waals surface area contributed by atoms with Crippen molar-refractivity contribution in [3.63, 3.8) is 0 Å². The molecule has 8 nitrogen and oxygen atoms in total. The van der Waals surface area contributed by atoms with Gasteiger partial charge in [-0.25, -0.2) is 8.42 Å². The standard InChI is InChI=1S/C18H33F2NO7S2/c1-15(2,3)12-17(7,16(4,5)6)14(22)28-13-8-10-21(11-9-13)29(23,24)18(19,20)30(25,26)27/h13H,8-12H2,1-7H3,(H,25,26,27). The van der Waals surface area contributed by atoms with Crippen molar-refractivity contribution in [3.05, 3.63) is 0 Å². The van der Waals surface area contributed by atoms with Crippen LogP contribution in [0.4, 0.5) is 8.78 Å². The van der Waals surface area contributed by atoms with E-state index in [1.54, 1.807) is 0 Å². The Morgan fingerprint density at radius 3 is 1.77 bits per heavy atom. The number of piperidine rings is 1. The van der Waals surface area contributed by atoms with Crippen LogP contribution in [0.15, 0.2) is 0 Å². The van der Waals surface area contributed by atoms with E-state index in [2.05, 4.69) is 0 Å². The van der Waals surface area contributed by atoms with E-state index < -0.39 is 60.7 Å². The fraction of sp³-hybridized carbons (Fsp3) is 0.944. The molecule has 0 aliphatic carbocycles. The van der Waals surface area contributed by atoms with Gasteiger partial charge in [0.2, 0.25) is 0 Å². The van der Waals surface area contributed by atoms with Gasteiger partial charge < -0.3 is 4.74 Å². The van der Waals surface area contributed by atoms with E-state index >= 15 is 0 Å². The van der Waals surface area contributed by atoms with Gasteiger partial charge in [0.25, 0.3) is 10.0 Å². The average Bonchev–Trinajstić information content (AvgIpc) is 2.51. The number of esters is 1. The lowest BCUT2D eigenvalue weighted by Crippen LogP contribution is -2.51. The van der Waals surface area contributed by atoms with E-state index in [4.69, 9.17) is 9.29 Å². The molecule has 1 saturated heterocycles. The summed E-state index contributed by atoms with van der Waals surface area (Å²) in [5, 5.41) is 0. The highest BCUT2D eigenvalue weighted by atomic mass is 32.3. The van der Waals surface area contributed by atoms with Crippen molar-refractivity contribution in [2.75, 3.05) is 13.1 Å². The second-order valence-electron chi connectivity index (χ2n) is 10.3. The van der Waals surface area contributed by atoms with Gasteiger partial charge in [0.1, 0.15) is 6.10 Å². The first kappa shape index (κ1) is 27.2. The van der Waals surface area contributed by atoms with Crippen LogP contribution in [0.1, 0.15) is 67.7 Å². The van der Waals surface area contributed by atoms with E-state index in [0.717, 1.165) is 0 Å². The van der Waals surface area contributed by atoms with Gasteiger partial charge in [-0.1, -0.05) is 41.5 Å². The van der Waals surface area contributed by atoms with Gasteiger partial charge in [0.15, 0.2) is 0 Å². The van der Waals surface area contributed by atoms with Crippen LogP contribution in [0.25, 0.3) is 0 Å². The third-order valence-electron chi connectivity index (χ3n) is 5.60. The minimum atomic E-state index is -6.14. The summed E-state index contributed by atoms with van der Waals surface area (Å²) in [6.07, 6.45) is -0.286. The van der Waals surface area contributed by atoms with Crippen molar-refractivity contribution in [2.24, 2.45) is 16.2 Å². The van der Waals surface area contributed by atoms with Crippen LogP contribution in [-0.4, -0.2) is 55.4 Å². The summed E-state index contributed by atoms with van der Waals surface area (Å²) >= 11 is 0. The summed E-state index contributed by atoms with van der Waals surface area (Å²) < 4.78 is 82.1. The molecule has 0 aromatic rings. The molecule has 1 N–H and O–H groups in total. The first-order valence-corrected chi connectivity index (χ1v) is 12.5. The van der Waals surface area contributed by atoms with E-state index in [0.29, 0.717) is 10.7 Å². The normalized spacial score (nSPS) is 20.6. The van der Waals surface area contributed by atoms with Gasteiger partial charge in [0, 0.05) is 13.1 Å². The summed E-state index contributed by atoms with van der Waals surface area (Å²) in [6, 6.07) is 0. The Balaban J connectivity index is 2.94. The lowest BCUT2D eigenvalue weighted by molar-refractivity contribution is -0.172. The van der Waals surface area contributed by atoms with Gasteiger partial charge in [-0.3, -0.25) is 9.35 Å². The Hall–Kier alpha value is -0.850. The molecule has 30 heavy (non-hydrogen) atoms. The van der Waals surface area contributed by atoms with E-state index in [-0.39, 0.29) is 18.3 Å². The largest absolute Gasteiger partial charge is 0.484 e. The quantitative estimate of drug-likeness (QED) is 0.461. The number of ether oxygens (including phenoxy) is 1. The van der Waals surface area contributed by atoms with E-state index in [9.17, 15) is 30.4 Å². The lowest BCUT2D eigenvalue weighted by Gasteiger charge is -2.44. The van der Waals surface area contributed by atoms with Crippen molar-refractivity contribution < 1.29 is 39.7 Å². The number of alkyl halides is 2. The number of carbonyl (C=O) groups excluding carboxylic acids is 1. The van der Waals surface area contributed by atoms with Crippen LogP contribution in [-0.2, 0) is 29.7 Å². The molecular weight excluding hydrogens is 444 g/mol. The number of halogens is 2. The highest BCUT2D eigenvalue weighted by Gasteiger charge is 2.60. The maximum Gasteiger partial charge on any atom is 0.484 e. The van der Waals surface area contributed by atoms with Crippen LogP contribution in [0.5, 0.6) is 0 Å². The molecule has 1 unspecified atom stereocenters. The summed E-state index contributed by atoms with van der Waals surface area (Å²) in [5.41, 5.74) is -1.44. The van der Waals surface area contributed by atoms with Crippen LogP contribution >= 0.6 is 0 Å². The van der Waals surface area contributed by atoms with Gasteiger partial charge >= 0.3 is 20.7 Å². The Kier molecular flexibility index (Phi) is 7.48. The van der Waals surface area contributed by atoms with Gasteiger partial charge in [0.05, 0.1) is 5.41 Å². The lowest BCUT2D eigenvalue weighted by atomic mass is 9.61. The van der Waals surface area contributed by atoms with Crippen molar-refractivity contribution in [1.82, 2.24) is 4.31 Å². The zero-order valence-corrected chi connectivity index (χ0v) is 20.2. The van der Waals surface area contributed by atoms with Crippen molar-refractivity contribution in [3.8, 4) is 0 Å². The summed E-state index contributed by atoms with van der Waals surface area (Å²) in [6.45, 7) is 12.7. The third-order valence-corrected chi connectivity index (χ3v) is 9.11. The van der Waals surface area contributed by atoms with Gasteiger partial charge in [-0.15, -0.1) is 0 Å². The molecule has 0 spiro atoms. The zero-order valence-electron chi connectivity index (χ0n) is 18.5. The Bertz CT molecular complexity index is 850. The molecule has 0 amide bonds. The zero-order chi connectivity index (χ0) is 24.0. The number of hydrogen-bond donors (Lipinski definition) is 1. The molecule has 178 valence electrons. The third kappa shape index (κ3) is 5.49. The maximum atomic E-state index is 13.7. The summed E-state index contributed by atoms with van der Waals surface area (Å²) in [4.78, 5) is 13.0. The smallest absolute Gasteiger partial charge is 0.462 e. The predicted molar refractivity (Wildman–Crippen MR) is 108 cm³/mol. The van der Waals surface area contributed by atoms with Gasteiger partial charge in [-0.2, -0.15) is 21.5 Å². The van der Waals surface area contributed by atoms with Crippen LogP contribution < -0.4 is 0 Å². The Labute approximate surface area is 178 Å². The monoisotopic (exact) mass is 477 g/mol. The molecular formula is C18H33F2NO7S2. The number of carbonyl (C=O) groups is 1. The molecule has 1 rings (SSSR count). The highest BCUT2D eigenvalue weighted by molar-refractivity contribution is 8.06. The topological polar surface area (TPSA) is 118 Å². The second-order valence-corrected chi connectivity index (χ2v) is 14.0. The molecule has 0 aromatic heterocycles. The average molecular weight is 478 g/mol. The molecule has 0 radical (unpaired) electrons. The van der Waals surface area contributed by atoms with Gasteiger partial charge in [-0.05, 0) is 37.0 Å². The van der Waals surface area contributed by atoms with Crippen LogP contribution in [0, 0.1) is 16.2 Å².